The predicted octanol–water partition coefficient (Wildman–Crippen LogP) is 3.84. The highest BCUT2D eigenvalue weighted by Crippen LogP contribution is 2.31. The number of hydrogen-bond acceptors (Lipinski definition) is 6. The summed E-state index contributed by atoms with van der Waals surface area (Å²) in [6.45, 7) is 1.82. The molecule has 0 amide bonds. The number of anilines is 1. The summed E-state index contributed by atoms with van der Waals surface area (Å²) in [6, 6.07) is 10.5. The minimum Gasteiger partial charge on any atom is -0.375 e. The lowest BCUT2D eigenvalue weighted by Gasteiger charge is -2.25. The fraction of sp³-hybridized carbons (Fsp3) is 0.294. The van der Waals surface area contributed by atoms with Crippen LogP contribution >= 0.6 is 11.6 Å². The van der Waals surface area contributed by atoms with Crippen LogP contribution in [-0.4, -0.2) is 32.7 Å². The monoisotopic (exact) mass is 398 g/mol. The second kappa shape index (κ2) is 8.03. The Morgan fingerprint density at radius 2 is 1.81 bits per heavy atom. The number of nitrogens with zero attached hydrogens (tertiary/aromatic N) is 1. The largest absolute Gasteiger partial charge is 0.375 e. The van der Waals surface area contributed by atoms with E-state index < -0.39 is 14.8 Å². The Morgan fingerprint density at radius 1 is 1.19 bits per heavy atom. The van der Waals surface area contributed by atoms with E-state index in [1.807, 2.05) is 19.1 Å². The van der Waals surface area contributed by atoms with Crippen LogP contribution in [-0.2, 0) is 14.6 Å². The summed E-state index contributed by atoms with van der Waals surface area (Å²) >= 11 is 5.90. The molecule has 0 aliphatic carbocycles. The standard InChI is InChI=1S/C17H19ClN2O5S/c1-11(17(25-2)12-4-6-13(18)7-5-12)19-15-9-8-14(26(3,23)24)10-16(15)20(21)22/h4-11,17,19H,1-3H3. The summed E-state index contributed by atoms with van der Waals surface area (Å²) < 4.78 is 28.8. The molecular formula is C17H19ClN2O5S. The summed E-state index contributed by atoms with van der Waals surface area (Å²) in [5.41, 5.74) is 0.754. The summed E-state index contributed by atoms with van der Waals surface area (Å²) in [4.78, 5) is 10.6. The van der Waals surface area contributed by atoms with Gasteiger partial charge in [-0.25, -0.2) is 8.42 Å². The van der Waals surface area contributed by atoms with Crippen molar-refractivity contribution in [1.29, 1.82) is 0 Å². The van der Waals surface area contributed by atoms with Gasteiger partial charge in [0.25, 0.3) is 5.69 Å². The molecule has 7 nitrogen and oxygen atoms in total. The highest BCUT2D eigenvalue weighted by atomic mass is 35.5. The van der Waals surface area contributed by atoms with Gasteiger partial charge in [-0.2, -0.15) is 0 Å². The molecule has 140 valence electrons. The maximum absolute atomic E-state index is 11.6. The lowest BCUT2D eigenvalue weighted by Crippen LogP contribution is -2.26. The van der Waals surface area contributed by atoms with Crippen molar-refractivity contribution >= 4 is 32.8 Å². The summed E-state index contributed by atoms with van der Waals surface area (Å²) in [6.07, 6.45) is 0.616. The van der Waals surface area contributed by atoms with Crippen LogP contribution in [0.4, 0.5) is 11.4 Å². The Kier molecular flexibility index (Phi) is 6.22. The van der Waals surface area contributed by atoms with Crippen LogP contribution in [0.3, 0.4) is 0 Å². The van der Waals surface area contributed by atoms with E-state index in [0.717, 1.165) is 17.9 Å². The van der Waals surface area contributed by atoms with Crippen LogP contribution in [0.1, 0.15) is 18.6 Å². The van der Waals surface area contributed by atoms with Crippen LogP contribution in [0.2, 0.25) is 5.02 Å². The number of hydrogen-bond donors (Lipinski definition) is 1. The van der Waals surface area contributed by atoms with Gasteiger partial charge in [0.15, 0.2) is 9.84 Å². The molecule has 0 aromatic heterocycles. The number of nitrogens with one attached hydrogen (secondary N) is 1. The molecule has 0 bridgehead atoms. The van der Waals surface area contributed by atoms with Crippen molar-refractivity contribution in [3.05, 3.63) is 63.2 Å². The number of methoxy groups -OCH3 is 1. The number of halogens is 1. The van der Waals surface area contributed by atoms with Gasteiger partial charge in [0.05, 0.1) is 15.9 Å². The van der Waals surface area contributed by atoms with E-state index in [0.29, 0.717) is 5.02 Å². The molecule has 9 heteroatoms. The van der Waals surface area contributed by atoms with Gasteiger partial charge in [-0.15, -0.1) is 0 Å². The highest BCUT2D eigenvalue weighted by Gasteiger charge is 2.24. The number of nitro groups is 1. The molecule has 2 aromatic rings. The van der Waals surface area contributed by atoms with Gasteiger partial charge in [0.1, 0.15) is 11.8 Å². The first-order valence-corrected chi connectivity index (χ1v) is 9.93. The van der Waals surface area contributed by atoms with Gasteiger partial charge in [-0.1, -0.05) is 23.7 Å². The number of benzene rings is 2. The first kappa shape index (κ1) is 20.2. The number of nitro benzene ring substituents is 1. The normalized spacial score (nSPS) is 13.8. The van der Waals surface area contributed by atoms with E-state index in [2.05, 4.69) is 5.32 Å². The first-order chi connectivity index (χ1) is 12.1. The summed E-state index contributed by atoms with van der Waals surface area (Å²) in [5.74, 6) is 0. The molecule has 0 radical (unpaired) electrons. The van der Waals surface area contributed by atoms with Crippen LogP contribution < -0.4 is 5.32 Å². The Bertz CT molecular complexity index is 900. The van der Waals surface area contributed by atoms with Crippen LogP contribution in [0.5, 0.6) is 0 Å². The van der Waals surface area contributed by atoms with Gasteiger partial charge in [-0.3, -0.25) is 10.1 Å². The maximum Gasteiger partial charge on any atom is 0.293 e. The molecule has 2 unspecified atom stereocenters. The molecule has 1 N–H and O–H groups in total. The van der Waals surface area contributed by atoms with Gasteiger partial charge in [-0.05, 0) is 36.8 Å². The maximum atomic E-state index is 11.6. The zero-order valence-corrected chi connectivity index (χ0v) is 16.0. The summed E-state index contributed by atoms with van der Waals surface area (Å²) in [7, 11) is -2.00. The Morgan fingerprint density at radius 3 is 2.31 bits per heavy atom. The van der Waals surface area contributed by atoms with Gasteiger partial charge < -0.3 is 10.1 Å². The number of ether oxygens (including phenoxy) is 1. The SMILES string of the molecule is COC(c1ccc(Cl)cc1)C(C)Nc1ccc(S(C)(=O)=O)cc1[N+](=O)[O-]. The average molecular weight is 399 g/mol. The lowest BCUT2D eigenvalue weighted by molar-refractivity contribution is -0.384. The van der Waals surface area contributed by atoms with Crippen molar-refractivity contribution < 1.29 is 18.1 Å². The lowest BCUT2D eigenvalue weighted by atomic mass is 10.0. The van der Waals surface area contributed by atoms with Crippen molar-refractivity contribution in [1.82, 2.24) is 0 Å². The van der Waals surface area contributed by atoms with Gasteiger partial charge >= 0.3 is 0 Å². The highest BCUT2D eigenvalue weighted by molar-refractivity contribution is 7.90. The molecular weight excluding hydrogens is 380 g/mol. The number of rotatable bonds is 7. The fourth-order valence-corrected chi connectivity index (χ4v) is 3.38. The molecule has 2 rings (SSSR count). The molecule has 0 aliphatic rings. The van der Waals surface area contributed by atoms with E-state index in [4.69, 9.17) is 16.3 Å². The van der Waals surface area contributed by atoms with Crippen LogP contribution in [0.15, 0.2) is 47.4 Å². The third-order valence-corrected chi connectivity index (χ3v) is 5.25. The van der Waals surface area contributed by atoms with Crippen molar-refractivity contribution in [3.63, 3.8) is 0 Å². The van der Waals surface area contributed by atoms with E-state index in [1.54, 1.807) is 19.2 Å². The zero-order valence-electron chi connectivity index (χ0n) is 14.5. The minimum atomic E-state index is -3.54. The van der Waals surface area contributed by atoms with Gasteiger partial charge in [0.2, 0.25) is 0 Å². The molecule has 0 spiro atoms. The third kappa shape index (κ3) is 4.72. The van der Waals surface area contributed by atoms with Crippen molar-refractivity contribution in [3.8, 4) is 0 Å². The number of sulfone groups is 1. The molecule has 26 heavy (non-hydrogen) atoms. The molecule has 0 saturated carbocycles. The van der Waals surface area contributed by atoms with Crippen LogP contribution in [0.25, 0.3) is 0 Å². The van der Waals surface area contributed by atoms with Crippen molar-refractivity contribution in [2.24, 2.45) is 0 Å². The first-order valence-electron chi connectivity index (χ1n) is 7.66. The quantitative estimate of drug-likeness (QED) is 0.562. The van der Waals surface area contributed by atoms with E-state index in [1.165, 1.54) is 12.1 Å². The topological polar surface area (TPSA) is 98.5 Å². The molecule has 2 aromatic carbocycles. The van der Waals surface area contributed by atoms with E-state index in [-0.39, 0.29) is 28.4 Å². The Balaban J connectivity index is 2.33. The average Bonchev–Trinajstić information content (AvgIpc) is 2.56. The minimum absolute atomic E-state index is 0.108. The van der Waals surface area contributed by atoms with Crippen molar-refractivity contribution in [2.45, 2.75) is 24.0 Å². The molecule has 0 fully saturated rings. The fourth-order valence-electron chi connectivity index (χ4n) is 2.62. The smallest absolute Gasteiger partial charge is 0.293 e. The van der Waals surface area contributed by atoms with Crippen LogP contribution in [0, 0.1) is 10.1 Å². The molecule has 0 aliphatic heterocycles. The Hall–Kier alpha value is -2.16. The molecule has 2 atom stereocenters. The van der Waals surface area contributed by atoms with E-state index in [9.17, 15) is 18.5 Å². The zero-order chi connectivity index (χ0) is 19.5. The predicted molar refractivity (Wildman–Crippen MR) is 100 cm³/mol. The Labute approximate surface area is 157 Å². The summed E-state index contributed by atoms with van der Waals surface area (Å²) in [5, 5.41) is 15.0. The third-order valence-electron chi connectivity index (χ3n) is 3.88. The van der Waals surface area contributed by atoms with Crippen molar-refractivity contribution in [2.75, 3.05) is 18.7 Å². The second-order valence-electron chi connectivity index (χ2n) is 5.85. The molecule has 0 heterocycles. The molecule has 0 saturated heterocycles. The van der Waals surface area contributed by atoms with E-state index >= 15 is 0 Å². The second-order valence-corrected chi connectivity index (χ2v) is 8.30. The van der Waals surface area contributed by atoms with Gasteiger partial charge in [0, 0.05) is 24.5 Å².